The molecular weight excluding hydrogens is 447 g/mol. The largest absolute Gasteiger partial charge is 0.434 e. The molecule has 1 aliphatic rings. The van der Waals surface area contributed by atoms with E-state index >= 15 is 0 Å². The standard InChI is InChI=1S/C23H24F3N7O/c24-23(25,26)19-12-33-20(2-1-3-21(33)31-19)29-16-6-8-17(9-7-16)30-22(34)15-4-10-18(11-5-15)32(13-27)14-28/h1-5,10-14,16-17,27-29H,6-9H2,(H,30,34). The Kier molecular flexibility index (Phi) is 6.53. The monoisotopic (exact) mass is 471 g/mol. The third-order valence-corrected chi connectivity index (χ3v) is 5.90. The Balaban J connectivity index is 1.33. The van der Waals surface area contributed by atoms with Gasteiger partial charge in [0.1, 0.15) is 11.5 Å². The fourth-order valence-electron chi connectivity index (χ4n) is 4.10. The minimum atomic E-state index is -4.50. The second-order valence-electron chi connectivity index (χ2n) is 8.14. The quantitative estimate of drug-likeness (QED) is 0.300. The first-order valence-corrected chi connectivity index (χ1v) is 10.8. The van der Waals surface area contributed by atoms with E-state index in [9.17, 15) is 18.0 Å². The number of rotatable bonds is 7. The van der Waals surface area contributed by atoms with Crippen LogP contribution in [0.3, 0.4) is 0 Å². The summed E-state index contributed by atoms with van der Waals surface area (Å²) in [6.45, 7) is 0. The van der Waals surface area contributed by atoms with Crippen molar-refractivity contribution in [2.75, 3.05) is 10.2 Å². The van der Waals surface area contributed by atoms with Crippen LogP contribution >= 0.6 is 0 Å². The maximum atomic E-state index is 13.0. The van der Waals surface area contributed by atoms with E-state index in [1.165, 1.54) is 15.4 Å². The zero-order valence-electron chi connectivity index (χ0n) is 18.1. The molecular formula is C23H24F3N7O. The molecule has 34 heavy (non-hydrogen) atoms. The molecule has 1 aliphatic carbocycles. The highest BCUT2D eigenvalue weighted by Gasteiger charge is 2.34. The predicted octanol–water partition coefficient (Wildman–Crippen LogP) is 4.53. The minimum Gasteiger partial charge on any atom is -0.368 e. The molecule has 1 aromatic carbocycles. The van der Waals surface area contributed by atoms with Crippen molar-refractivity contribution in [2.24, 2.45) is 0 Å². The van der Waals surface area contributed by atoms with Crippen LogP contribution in [0.15, 0.2) is 48.7 Å². The zero-order valence-corrected chi connectivity index (χ0v) is 18.1. The van der Waals surface area contributed by atoms with Crippen molar-refractivity contribution in [1.82, 2.24) is 14.7 Å². The molecule has 1 saturated carbocycles. The first-order valence-electron chi connectivity index (χ1n) is 10.8. The Morgan fingerprint density at radius 2 is 1.68 bits per heavy atom. The molecule has 0 unspecified atom stereocenters. The van der Waals surface area contributed by atoms with E-state index in [0.717, 1.165) is 44.6 Å². The summed E-state index contributed by atoms with van der Waals surface area (Å²) in [5, 5.41) is 20.9. The second kappa shape index (κ2) is 9.54. The van der Waals surface area contributed by atoms with Gasteiger partial charge >= 0.3 is 6.18 Å². The molecule has 0 bridgehead atoms. The molecule has 1 amide bonds. The van der Waals surface area contributed by atoms with E-state index in [2.05, 4.69) is 15.6 Å². The van der Waals surface area contributed by atoms with Crippen LogP contribution in [0, 0.1) is 10.8 Å². The van der Waals surface area contributed by atoms with Crippen molar-refractivity contribution in [3.8, 4) is 0 Å². The van der Waals surface area contributed by atoms with Gasteiger partial charge in [-0.2, -0.15) is 13.2 Å². The van der Waals surface area contributed by atoms with Gasteiger partial charge < -0.3 is 10.6 Å². The summed E-state index contributed by atoms with van der Waals surface area (Å²) in [4.78, 5) is 17.6. The zero-order chi connectivity index (χ0) is 24.3. The Morgan fingerprint density at radius 1 is 1.03 bits per heavy atom. The van der Waals surface area contributed by atoms with Crippen molar-refractivity contribution in [1.29, 1.82) is 10.8 Å². The molecule has 4 rings (SSSR count). The number of halogens is 3. The summed E-state index contributed by atoms with van der Waals surface area (Å²) in [5.74, 6) is 0.360. The number of carbonyl (C=O) groups is 1. The van der Waals surface area contributed by atoms with Gasteiger partial charge in [-0.15, -0.1) is 0 Å². The van der Waals surface area contributed by atoms with Crippen LogP contribution in [-0.2, 0) is 6.18 Å². The van der Waals surface area contributed by atoms with Gasteiger partial charge in [-0.05, 0) is 62.1 Å². The van der Waals surface area contributed by atoms with Gasteiger partial charge in [-0.1, -0.05) is 6.07 Å². The van der Waals surface area contributed by atoms with Gasteiger partial charge in [0.25, 0.3) is 5.91 Å². The molecule has 0 aliphatic heterocycles. The molecule has 8 nitrogen and oxygen atoms in total. The number of amides is 1. The van der Waals surface area contributed by atoms with Crippen molar-refractivity contribution in [3.63, 3.8) is 0 Å². The second-order valence-corrected chi connectivity index (χ2v) is 8.14. The number of pyridine rings is 1. The van der Waals surface area contributed by atoms with Gasteiger partial charge in [-0.25, -0.2) is 4.98 Å². The lowest BCUT2D eigenvalue weighted by Gasteiger charge is -2.30. The predicted molar refractivity (Wildman–Crippen MR) is 124 cm³/mol. The number of hydrogen-bond donors (Lipinski definition) is 4. The number of imidazole rings is 1. The number of nitrogens with zero attached hydrogens (tertiary/aromatic N) is 3. The van der Waals surface area contributed by atoms with Crippen molar-refractivity contribution in [3.05, 3.63) is 59.9 Å². The van der Waals surface area contributed by atoms with Crippen LogP contribution in [0.25, 0.3) is 5.65 Å². The highest BCUT2D eigenvalue weighted by molar-refractivity contribution is 5.99. The summed E-state index contributed by atoms with van der Waals surface area (Å²) in [7, 11) is 0. The molecule has 178 valence electrons. The van der Waals surface area contributed by atoms with Crippen LogP contribution in [0.5, 0.6) is 0 Å². The van der Waals surface area contributed by atoms with Crippen molar-refractivity contribution in [2.45, 2.75) is 43.9 Å². The highest BCUT2D eigenvalue weighted by atomic mass is 19.4. The fourth-order valence-corrected chi connectivity index (χ4v) is 4.10. The Bertz CT molecular complexity index is 1170. The molecule has 0 saturated heterocycles. The van der Waals surface area contributed by atoms with Gasteiger partial charge in [0.15, 0.2) is 5.69 Å². The Hall–Kier alpha value is -3.89. The molecule has 4 N–H and O–H groups in total. The lowest BCUT2D eigenvalue weighted by Crippen LogP contribution is -2.40. The Labute approximate surface area is 193 Å². The maximum absolute atomic E-state index is 13.0. The molecule has 0 radical (unpaired) electrons. The van der Waals surface area contributed by atoms with E-state index in [1.54, 1.807) is 36.4 Å². The van der Waals surface area contributed by atoms with Crippen LogP contribution < -0.4 is 15.5 Å². The molecule has 2 heterocycles. The van der Waals surface area contributed by atoms with Gasteiger partial charge in [0.2, 0.25) is 0 Å². The number of carbonyl (C=O) groups excluding carboxylic acids is 1. The number of alkyl halides is 3. The summed E-state index contributed by atoms with van der Waals surface area (Å²) in [6, 6.07) is 11.7. The van der Waals surface area contributed by atoms with Gasteiger partial charge in [-0.3, -0.25) is 24.9 Å². The lowest BCUT2D eigenvalue weighted by molar-refractivity contribution is -0.140. The first-order chi connectivity index (χ1) is 16.3. The normalized spacial score (nSPS) is 18.3. The van der Waals surface area contributed by atoms with E-state index in [0.29, 0.717) is 17.1 Å². The number of aromatic nitrogens is 2. The number of hydrogen-bond acceptors (Lipinski definition) is 5. The highest BCUT2D eigenvalue weighted by Crippen LogP contribution is 2.30. The fraction of sp³-hybridized carbons (Fsp3) is 0.304. The first kappa shape index (κ1) is 23.3. The third-order valence-electron chi connectivity index (χ3n) is 5.90. The number of benzene rings is 1. The SMILES string of the molecule is N=CN(C=N)c1ccc(C(=O)NC2CCC(Nc3cccc4nc(C(F)(F)F)cn34)CC2)cc1. The molecule has 11 heteroatoms. The van der Waals surface area contributed by atoms with Crippen LogP contribution in [0.2, 0.25) is 0 Å². The molecule has 1 fully saturated rings. The summed E-state index contributed by atoms with van der Waals surface area (Å²) < 4.78 is 40.5. The third kappa shape index (κ3) is 5.03. The maximum Gasteiger partial charge on any atom is 0.434 e. The van der Waals surface area contributed by atoms with E-state index in [-0.39, 0.29) is 23.6 Å². The number of nitrogens with one attached hydrogen (secondary N) is 4. The van der Waals surface area contributed by atoms with Crippen molar-refractivity contribution >= 4 is 35.7 Å². The minimum absolute atomic E-state index is 0.00532. The average Bonchev–Trinajstić information content (AvgIpc) is 3.28. The van der Waals surface area contributed by atoms with Crippen LogP contribution in [-0.4, -0.2) is 40.1 Å². The molecule has 0 atom stereocenters. The average molecular weight is 471 g/mol. The van der Waals surface area contributed by atoms with Gasteiger partial charge in [0.05, 0.1) is 12.7 Å². The molecule has 0 spiro atoms. The van der Waals surface area contributed by atoms with E-state index in [1.807, 2.05) is 0 Å². The van der Waals surface area contributed by atoms with Crippen LogP contribution in [0.4, 0.5) is 24.7 Å². The van der Waals surface area contributed by atoms with E-state index in [4.69, 9.17) is 10.8 Å². The summed E-state index contributed by atoms with van der Waals surface area (Å²) in [5.41, 5.74) is 0.410. The molecule has 3 aromatic rings. The van der Waals surface area contributed by atoms with Crippen LogP contribution in [0.1, 0.15) is 41.7 Å². The summed E-state index contributed by atoms with van der Waals surface area (Å²) in [6.07, 6.45) is 1.52. The van der Waals surface area contributed by atoms with Crippen molar-refractivity contribution < 1.29 is 18.0 Å². The number of anilines is 2. The smallest absolute Gasteiger partial charge is 0.368 e. The lowest BCUT2D eigenvalue weighted by atomic mass is 9.91. The van der Waals surface area contributed by atoms with E-state index < -0.39 is 11.9 Å². The van der Waals surface area contributed by atoms with Gasteiger partial charge in [0, 0.05) is 29.5 Å². The number of fused-ring (bicyclic) bond motifs is 1. The topological polar surface area (TPSA) is 109 Å². The molecule has 2 aromatic heterocycles. The summed E-state index contributed by atoms with van der Waals surface area (Å²) >= 11 is 0. The Morgan fingerprint density at radius 3 is 2.29 bits per heavy atom.